The highest BCUT2D eigenvalue weighted by molar-refractivity contribution is 5.92. The van der Waals surface area contributed by atoms with Crippen LogP contribution in [0.4, 0.5) is 0 Å². The van der Waals surface area contributed by atoms with Gasteiger partial charge in [0, 0.05) is 18.5 Å². The first-order valence-electron chi connectivity index (χ1n) is 7.66. The fourth-order valence-corrected chi connectivity index (χ4v) is 2.63. The highest BCUT2D eigenvalue weighted by Gasteiger charge is 2.39. The van der Waals surface area contributed by atoms with Crippen LogP contribution in [0.2, 0.25) is 0 Å². The van der Waals surface area contributed by atoms with Gasteiger partial charge in [0.15, 0.2) is 11.5 Å². The van der Waals surface area contributed by atoms with Gasteiger partial charge in [0.2, 0.25) is 0 Å². The molecular formula is C15H20N4O4. The Morgan fingerprint density at radius 2 is 2.13 bits per heavy atom. The minimum absolute atomic E-state index is 0.169. The number of carbonyl (C=O) groups is 1. The van der Waals surface area contributed by atoms with Gasteiger partial charge in [-0.25, -0.2) is 0 Å². The molecule has 1 aliphatic rings. The van der Waals surface area contributed by atoms with Crippen molar-refractivity contribution < 1.29 is 18.6 Å². The molecule has 0 N–H and O–H groups in total. The molecule has 8 heteroatoms. The number of aromatic nitrogens is 3. The Kier molecular flexibility index (Phi) is 4.16. The molecule has 0 saturated carbocycles. The van der Waals surface area contributed by atoms with Gasteiger partial charge in [0.05, 0.1) is 12.7 Å². The van der Waals surface area contributed by atoms with E-state index in [0.717, 1.165) is 0 Å². The lowest BCUT2D eigenvalue weighted by molar-refractivity contribution is -0.0603. The van der Waals surface area contributed by atoms with E-state index in [1.807, 2.05) is 20.8 Å². The van der Waals surface area contributed by atoms with Crippen molar-refractivity contribution in [1.82, 2.24) is 20.2 Å². The van der Waals surface area contributed by atoms with Gasteiger partial charge in [-0.1, -0.05) is 24.2 Å². The molecule has 3 heterocycles. The molecule has 0 aliphatic carbocycles. The maximum atomic E-state index is 12.8. The van der Waals surface area contributed by atoms with Crippen LogP contribution in [-0.4, -0.2) is 45.4 Å². The first-order valence-corrected chi connectivity index (χ1v) is 7.66. The molecule has 2 atom stereocenters. The third-order valence-electron chi connectivity index (χ3n) is 3.87. The van der Waals surface area contributed by atoms with E-state index in [-0.39, 0.29) is 23.6 Å². The number of carbonyl (C=O) groups excluding carboxylic acids is 1. The summed E-state index contributed by atoms with van der Waals surface area (Å²) in [6.45, 7) is 8.46. The SMILES string of the molecule is Cc1noc([C@@H]2[C@@H](C)OCCN2C(=O)c2cc(C(C)C)on2)n1. The molecule has 0 bridgehead atoms. The zero-order valence-electron chi connectivity index (χ0n) is 13.6. The Morgan fingerprint density at radius 1 is 1.35 bits per heavy atom. The maximum absolute atomic E-state index is 12.8. The minimum Gasteiger partial charge on any atom is -0.374 e. The van der Waals surface area contributed by atoms with Crippen LogP contribution in [-0.2, 0) is 4.74 Å². The van der Waals surface area contributed by atoms with E-state index in [1.54, 1.807) is 17.9 Å². The zero-order chi connectivity index (χ0) is 16.6. The van der Waals surface area contributed by atoms with Crippen LogP contribution >= 0.6 is 0 Å². The zero-order valence-corrected chi connectivity index (χ0v) is 13.6. The molecule has 2 aromatic heterocycles. The van der Waals surface area contributed by atoms with Crippen LogP contribution in [0, 0.1) is 6.92 Å². The van der Waals surface area contributed by atoms with Gasteiger partial charge in [0.25, 0.3) is 11.8 Å². The number of hydrogen-bond acceptors (Lipinski definition) is 7. The van der Waals surface area contributed by atoms with Crippen LogP contribution < -0.4 is 0 Å². The first kappa shape index (κ1) is 15.7. The van der Waals surface area contributed by atoms with Crippen molar-refractivity contribution in [3.05, 3.63) is 29.2 Å². The van der Waals surface area contributed by atoms with Gasteiger partial charge in [0.1, 0.15) is 11.8 Å². The van der Waals surface area contributed by atoms with Gasteiger partial charge in [-0.3, -0.25) is 4.79 Å². The van der Waals surface area contributed by atoms with Crippen molar-refractivity contribution in [2.24, 2.45) is 0 Å². The second kappa shape index (κ2) is 6.11. The van der Waals surface area contributed by atoms with Crippen LogP contribution in [0.5, 0.6) is 0 Å². The minimum atomic E-state index is -0.434. The van der Waals surface area contributed by atoms with E-state index < -0.39 is 6.04 Å². The summed E-state index contributed by atoms with van der Waals surface area (Å²) in [5.41, 5.74) is 0.282. The molecule has 23 heavy (non-hydrogen) atoms. The van der Waals surface area contributed by atoms with Crippen molar-refractivity contribution in [3.63, 3.8) is 0 Å². The number of morpholine rings is 1. The van der Waals surface area contributed by atoms with Crippen molar-refractivity contribution in [1.29, 1.82) is 0 Å². The summed E-state index contributed by atoms with van der Waals surface area (Å²) >= 11 is 0. The van der Waals surface area contributed by atoms with E-state index in [2.05, 4.69) is 15.3 Å². The molecule has 1 saturated heterocycles. The van der Waals surface area contributed by atoms with Crippen molar-refractivity contribution in [3.8, 4) is 0 Å². The molecular weight excluding hydrogens is 300 g/mol. The number of ether oxygens (including phenoxy) is 1. The lowest BCUT2D eigenvalue weighted by Gasteiger charge is -2.37. The lowest BCUT2D eigenvalue weighted by atomic mass is 10.1. The van der Waals surface area contributed by atoms with Gasteiger partial charge in [-0.2, -0.15) is 4.98 Å². The molecule has 1 amide bonds. The fourth-order valence-electron chi connectivity index (χ4n) is 2.63. The average Bonchev–Trinajstić information content (AvgIpc) is 3.15. The monoisotopic (exact) mass is 320 g/mol. The van der Waals surface area contributed by atoms with Crippen LogP contribution in [0.15, 0.2) is 15.1 Å². The van der Waals surface area contributed by atoms with Crippen LogP contribution in [0.1, 0.15) is 60.7 Å². The average molecular weight is 320 g/mol. The summed E-state index contributed by atoms with van der Waals surface area (Å²) in [5.74, 6) is 1.52. The predicted octanol–water partition coefficient (Wildman–Crippen LogP) is 2.09. The second-order valence-electron chi connectivity index (χ2n) is 5.97. The molecule has 8 nitrogen and oxygen atoms in total. The van der Waals surface area contributed by atoms with E-state index >= 15 is 0 Å². The largest absolute Gasteiger partial charge is 0.374 e. The third-order valence-corrected chi connectivity index (χ3v) is 3.87. The molecule has 0 aromatic carbocycles. The predicted molar refractivity (Wildman–Crippen MR) is 78.8 cm³/mol. The van der Waals surface area contributed by atoms with E-state index in [0.29, 0.717) is 30.6 Å². The van der Waals surface area contributed by atoms with E-state index in [4.69, 9.17) is 13.8 Å². The van der Waals surface area contributed by atoms with Gasteiger partial charge < -0.3 is 18.7 Å². The highest BCUT2D eigenvalue weighted by Crippen LogP contribution is 2.30. The summed E-state index contributed by atoms with van der Waals surface area (Å²) in [7, 11) is 0. The number of aryl methyl sites for hydroxylation is 1. The molecule has 0 spiro atoms. The van der Waals surface area contributed by atoms with Crippen molar-refractivity contribution in [2.75, 3.05) is 13.2 Å². The molecule has 0 radical (unpaired) electrons. The summed E-state index contributed by atoms with van der Waals surface area (Å²) in [4.78, 5) is 18.7. The summed E-state index contributed by atoms with van der Waals surface area (Å²) in [6, 6.07) is 1.25. The van der Waals surface area contributed by atoms with Crippen LogP contribution in [0.3, 0.4) is 0 Å². The van der Waals surface area contributed by atoms with Crippen molar-refractivity contribution >= 4 is 5.91 Å². The van der Waals surface area contributed by atoms with E-state index in [1.165, 1.54) is 0 Å². The Morgan fingerprint density at radius 3 is 2.74 bits per heavy atom. The number of amides is 1. The smallest absolute Gasteiger partial charge is 0.276 e. The fraction of sp³-hybridized carbons (Fsp3) is 0.600. The molecule has 3 rings (SSSR count). The highest BCUT2D eigenvalue weighted by atomic mass is 16.5. The van der Waals surface area contributed by atoms with Crippen molar-refractivity contribution in [2.45, 2.75) is 45.8 Å². The second-order valence-corrected chi connectivity index (χ2v) is 5.97. The Labute approximate surface area is 133 Å². The Balaban J connectivity index is 1.89. The van der Waals surface area contributed by atoms with Gasteiger partial charge in [-0.05, 0) is 13.8 Å². The van der Waals surface area contributed by atoms with Gasteiger partial charge in [-0.15, -0.1) is 0 Å². The molecule has 1 fully saturated rings. The topological polar surface area (TPSA) is 94.5 Å². The summed E-state index contributed by atoms with van der Waals surface area (Å²) < 4.78 is 16.1. The van der Waals surface area contributed by atoms with Crippen LogP contribution in [0.25, 0.3) is 0 Å². The summed E-state index contributed by atoms with van der Waals surface area (Å²) in [5, 5.41) is 7.70. The summed E-state index contributed by atoms with van der Waals surface area (Å²) in [6.07, 6.45) is -0.246. The number of nitrogens with zero attached hydrogens (tertiary/aromatic N) is 4. The van der Waals surface area contributed by atoms with E-state index in [9.17, 15) is 4.79 Å². The quantitative estimate of drug-likeness (QED) is 0.854. The Hall–Kier alpha value is -2.22. The normalized spacial score (nSPS) is 21.9. The Bertz CT molecular complexity index is 693. The first-order chi connectivity index (χ1) is 11.0. The van der Waals surface area contributed by atoms with Gasteiger partial charge >= 0.3 is 0 Å². The molecule has 124 valence electrons. The molecule has 2 aromatic rings. The standard InChI is InChI=1S/C15H20N4O4/c1-8(2)12-7-11(18-22-12)15(20)19-5-6-21-9(3)13(19)14-16-10(4)17-23-14/h7-9,13H,5-6H2,1-4H3/t9-,13+/m1/s1. The number of rotatable bonds is 3. The third kappa shape index (κ3) is 2.98. The lowest BCUT2D eigenvalue weighted by Crippen LogP contribution is -2.47. The maximum Gasteiger partial charge on any atom is 0.276 e. The molecule has 0 unspecified atom stereocenters. The molecule has 1 aliphatic heterocycles. The number of hydrogen-bond donors (Lipinski definition) is 0.